The number of benzene rings is 2. The monoisotopic (exact) mass is 688 g/mol. The number of aliphatic carboxylic acids is 2. The summed E-state index contributed by atoms with van der Waals surface area (Å²) in [5.74, 6) is -0.927. The number of phenols is 1. The van der Waals surface area contributed by atoms with E-state index in [1.54, 1.807) is 18.2 Å². The van der Waals surface area contributed by atoms with Crippen LogP contribution < -0.4 is 113 Å². The minimum atomic E-state index is -0.983. The third-order valence-corrected chi connectivity index (χ3v) is 4.96. The molecule has 12 heteroatoms. The van der Waals surface area contributed by atoms with Gasteiger partial charge in [-0.25, -0.2) is 9.59 Å². The minimum absolute atomic E-state index is 0. The Morgan fingerprint density at radius 2 is 1.24 bits per heavy atom. The summed E-state index contributed by atoms with van der Waals surface area (Å²) in [7, 11) is 0. The second-order valence-corrected chi connectivity index (χ2v) is 8.44. The molecule has 2 aromatic carbocycles. The Labute approximate surface area is 337 Å². The van der Waals surface area contributed by atoms with E-state index in [-0.39, 0.29) is 116 Å². The van der Waals surface area contributed by atoms with Gasteiger partial charge in [-0.15, -0.1) is 0 Å². The number of hydrogen-bond donors (Lipinski definition) is 3. The number of carbonyl (C=O) groups excluding carboxylic acids is 1. The molecule has 0 saturated heterocycles. The van der Waals surface area contributed by atoms with Crippen molar-refractivity contribution < 1.29 is 149 Å². The zero-order valence-electron chi connectivity index (χ0n) is 25.3. The van der Waals surface area contributed by atoms with Crippen LogP contribution in [0.2, 0.25) is 0 Å². The van der Waals surface area contributed by atoms with Gasteiger partial charge in [-0.1, -0.05) is 79.7 Å². The van der Waals surface area contributed by atoms with Crippen LogP contribution in [0.4, 0.5) is 0 Å². The predicted molar refractivity (Wildman–Crippen MR) is 154 cm³/mol. The molecule has 0 spiro atoms. The largest absolute Gasteiger partial charge is 1.00 e. The molecule has 2 aromatic rings. The molecule has 2 rings (SSSR count). The number of phenolic OH excluding ortho intramolecular Hbond substituents is 1. The van der Waals surface area contributed by atoms with Crippen molar-refractivity contribution in [2.24, 2.45) is 0 Å². The zero-order valence-corrected chi connectivity index (χ0v) is 32.2. The zero-order chi connectivity index (χ0) is 29.7. The molecule has 0 heterocycles. The minimum Gasteiger partial charge on any atom is -1.00 e. The van der Waals surface area contributed by atoms with Crippen molar-refractivity contribution in [1.82, 2.24) is 0 Å². The van der Waals surface area contributed by atoms with Crippen molar-refractivity contribution in [2.75, 3.05) is 11.9 Å². The van der Waals surface area contributed by atoms with Crippen LogP contribution in [-0.2, 0) is 19.3 Å². The Morgan fingerprint density at radius 3 is 1.59 bits per heavy atom. The van der Waals surface area contributed by atoms with Gasteiger partial charge in [0.2, 0.25) is 0 Å². The third-order valence-electron chi connectivity index (χ3n) is 4.40. The van der Waals surface area contributed by atoms with E-state index in [2.05, 4.69) is 34.7 Å². The maximum atomic E-state index is 10.3. The van der Waals surface area contributed by atoms with Gasteiger partial charge in [-0.2, -0.15) is 0 Å². The van der Waals surface area contributed by atoms with Crippen LogP contribution in [-0.4, -0.2) is 45.7 Å². The van der Waals surface area contributed by atoms with Crippen LogP contribution in [0.3, 0.4) is 0 Å². The van der Waals surface area contributed by atoms with Crippen molar-refractivity contribution in [3.8, 4) is 11.5 Å². The number of carboxylic acids is 2. The molecule has 0 aliphatic heterocycles. The topological polar surface area (TPSA) is 153 Å². The average Bonchev–Trinajstić information content (AvgIpc) is 2.94. The van der Waals surface area contributed by atoms with E-state index in [1.165, 1.54) is 55.6 Å². The molecule has 9 nitrogen and oxygen atoms in total. The average molecular weight is 690 g/mol. The summed E-state index contributed by atoms with van der Waals surface area (Å²) in [5.41, 5.74) is 1.60. The molecule has 3 N–H and O–H groups in total. The molecule has 0 radical (unpaired) electrons. The maximum absolute atomic E-state index is 10.3. The van der Waals surface area contributed by atoms with E-state index >= 15 is 0 Å². The van der Waals surface area contributed by atoms with Gasteiger partial charge >= 0.3 is 115 Å². The fourth-order valence-corrected chi connectivity index (χ4v) is 2.88. The van der Waals surface area contributed by atoms with Crippen LogP contribution in [0.25, 0.3) is 12.2 Å². The molecular weight excluding hydrogens is 650 g/mol. The summed E-state index contributed by atoms with van der Waals surface area (Å²) in [6.45, 7) is 4.92. The number of ether oxygens (including phenoxy) is 1. The van der Waals surface area contributed by atoms with E-state index < -0.39 is 11.9 Å². The van der Waals surface area contributed by atoms with Crippen LogP contribution in [0.5, 0.6) is 11.5 Å². The molecule has 218 valence electrons. The first kappa shape index (κ1) is 47.6. The maximum Gasteiger partial charge on any atom is 1.00 e. The van der Waals surface area contributed by atoms with Crippen LogP contribution >= 0.6 is 15.9 Å². The molecule has 0 bridgehead atoms. The van der Waals surface area contributed by atoms with Crippen LogP contribution in [0, 0.1) is 0 Å². The first-order valence-corrected chi connectivity index (χ1v) is 13.5. The number of halogens is 1. The van der Waals surface area contributed by atoms with Gasteiger partial charge in [0.05, 0.1) is 6.61 Å². The first-order valence-electron chi connectivity index (χ1n) is 12.4. The quantitative estimate of drug-likeness (QED) is 0.0501. The summed E-state index contributed by atoms with van der Waals surface area (Å²) in [4.78, 5) is 31.7. The van der Waals surface area contributed by atoms with Crippen molar-refractivity contribution in [3.05, 3.63) is 71.8 Å². The summed E-state index contributed by atoms with van der Waals surface area (Å²) in [6.07, 6.45) is 12.6. The number of rotatable bonds is 13. The number of carbonyl (C=O) groups is 3. The molecule has 0 aliphatic rings. The van der Waals surface area contributed by atoms with Crippen molar-refractivity contribution in [3.63, 3.8) is 0 Å². The van der Waals surface area contributed by atoms with Crippen molar-refractivity contribution in [1.29, 1.82) is 0 Å². The first-order chi connectivity index (χ1) is 18.7. The second kappa shape index (κ2) is 35.8. The molecule has 0 unspecified atom stereocenters. The fraction of sp³-hybridized carbons (Fsp3) is 0.345. The number of aromatic hydroxyl groups is 1. The summed E-state index contributed by atoms with van der Waals surface area (Å²) >= 11 is 3.35. The number of carboxylic acid groups (broad SMARTS) is 2. The Kier molecular flexibility index (Phi) is 41.6. The van der Waals surface area contributed by atoms with Gasteiger partial charge in [-0.05, 0) is 60.4 Å². The van der Waals surface area contributed by atoms with Crippen LogP contribution in [0.15, 0.2) is 60.7 Å². The number of alkyl halides is 1. The smallest absolute Gasteiger partial charge is 1.00 e. The van der Waals surface area contributed by atoms with E-state index in [4.69, 9.17) is 30.1 Å². The fourth-order valence-electron chi connectivity index (χ4n) is 2.48. The standard InChI is InChI=1S/C14H18O3.C9H8O3.C5H11Br.CH2O3.2K.H/c1-2-3-4-11-17-13-8-5-12(6-9-13)7-10-14(15)16;10-8-4-1-7(2-5-8)3-6-9(11)12;1-2-3-4-5-6;2-1-4-3;;;/h5-10H,2-4,11H2,1H3,(H,15,16);1-6,10H,(H,11,12);2-5H2,1H3;1,3H;;;/q;;;;2*+1;-1/p-1. The molecule has 41 heavy (non-hydrogen) atoms. The van der Waals surface area contributed by atoms with E-state index in [0.29, 0.717) is 0 Å². The van der Waals surface area contributed by atoms with Gasteiger partial charge in [0.1, 0.15) is 11.5 Å². The van der Waals surface area contributed by atoms with Gasteiger partial charge in [0, 0.05) is 17.5 Å². The molecule has 0 aliphatic carbocycles. The molecule has 0 fully saturated rings. The van der Waals surface area contributed by atoms with E-state index in [0.717, 1.165) is 42.1 Å². The number of unbranched alkanes of at least 4 members (excludes halogenated alkanes) is 4. The third kappa shape index (κ3) is 35.7. The molecule has 0 atom stereocenters. The normalized spacial score (nSPS) is 9.27. The van der Waals surface area contributed by atoms with E-state index in [9.17, 15) is 9.59 Å². The Balaban J connectivity index is -0.000000160. The summed E-state index contributed by atoms with van der Waals surface area (Å²) < 4.78 is 5.55. The van der Waals surface area contributed by atoms with Gasteiger partial charge in [-0.3, -0.25) is 4.79 Å². The van der Waals surface area contributed by atoms with Gasteiger partial charge in [0.25, 0.3) is 6.47 Å². The Hall–Kier alpha value is -0.357. The number of hydrogen-bond acceptors (Lipinski definition) is 7. The SMILES string of the molecule is CCCCCBr.CCCCCOc1ccc(C=CC(=O)O)cc1.O=C(O)C=Cc1ccc(O)cc1.O=CO[O-].[H-].[K+].[K+]. The summed E-state index contributed by atoms with van der Waals surface area (Å²) in [5, 5.41) is 35.3. The van der Waals surface area contributed by atoms with Crippen LogP contribution in [0.1, 0.15) is 64.9 Å². The molecule has 0 aromatic heterocycles. The second-order valence-electron chi connectivity index (χ2n) is 7.65. The molecule has 0 amide bonds. The van der Waals surface area contributed by atoms with Gasteiger partial charge in [0.15, 0.2) is 0 Å². The van der Waals surface area contributed by atoms with Crippen molar-refractivity contribution in [2.45, 2.75) is 52.4 Å². The van der Waals surface area contributed by atoms with Crippen molar-refractivity contribution >= 4 is 46.5 Å². The van der Waals surface area contributed by atoms with E-state index in [1.807, 2.05) is 24.3 Å². The van der Waals surface area contributed by atoms with Gasteiger partial charge < -0.3 is 31.6 Å². The Morgan fingerprint density at radius 1 is 0.829 bits per heavy atom. The summed E-state index contributed by atoms with van der Waals surface area (Å²) in [6, 6.07) is 13.7. The molecule has 0 saturated carbocycles. The Bertz CT molecular complexity index is 955. The molecular formula is C29H39BrK2O9. The predicted octanol–water partition coefficient (Wildman–Crippen LogP) is -0.0299.